The van der Waals surface area contributed by atoms with Crippen molar-refractivity contribution >= 4 is 11.8 Å². The highest BCUT2D eigenvalue weighted by atomic mass is 16.6. The molecule has 2 aromatic rings. The third-order valence-corrected chi connectivity index (χ3v) is 4.10. The molecule has 0 saturated heterocycles. The Balaban J connectivity index is 1.48. The fraction of sp³-hybridized carbons (Fsp3) is 0.300. The fourth-order valence-electron chi connectivity index (χ4n) is 2.70. The number of carbonyl (C=O) groups excluding carboxylic acids is 2. The number of amides is 2. The molecular formula is C20H22N2O4. The Morgan fingerprint density at radius 1 is 1.00 bits per heavy atom. The summed E-state index contributed by atoms with van der Waals surface area (Å²) in [7, 11) is 1.71. The monoisotopic (exact) mass is 354 g/mol. The molecule has 1 aliphatic heterocycles. The molecule has 0 spiro atoms. The molecule has 1 aliphatic rings. The van der Waals surface area contributed by atoms with Crippen molar-refractivity contribution in [2.75, 3.05) is 26.8 Å². The van der Waals surface area contributed by atoms with E-state index in [-0.39, 0.29) is 24.8 Å². The minimum absolute atomic E-state index is 0.0211. The second-order valence-corrected chi connectivity index (χ2v) is 6.17. The van der Waals surface area contributed by atoms with Crippen LogP contribution in [0.25, 0.3) is 0 Å². The van der Waals surface area contributed by atoms with Gasteiger partial charge < -0.3 is 19.7 Å². The molecule has 0 aromatic heterocycles. The van der Waals surface area contributed by atoms with Crippen LogP contribution in [-0.2, 0) is 22.6 Å². The zero-order valence-corrected chi connectivity index (χ0v) is 14.7. The van der Waals surface area contributed by atoms with Crippen LogP contribution in [0.4, 0.5) is 0 Å². The summed E-state index contributed by atoms with van der Waals surface area (Å²) in [5.41, 5.74) is 1.86. The minimum atomic E-state index is -0.169. The maximum atomic E-state index is 12.2. The first kappa shape index (κ1) is 17.8. The minimum Gasteiger partial charge on any atom is -0.486 e. The first-order valence-corrected chi connectivity index (χ1v) is 8.55. The van der Waals surface area contributed by atoms with Crippen molar-refractivity contribution in [2.45, 2.75) is 13.0 Å². The summed E-state index contributed by atoms with van der Waals surface area (Å²) in [4.78, 5) is 25.8. The molecule has 0 fully saturated rings. The SMILES string of the molecule is CN(Cc1ccc2c(c1)OCCO2)C(=O)CNC(=O)Cc1ccccc1. The third kappa shape index (κ3) is 4.75. The van der Waals surface area contributed by atoms with Gasteiger partial charge in [-0.05, 0) is 23.3 Å². The number of likely N-dealkylation sites (N-methyl/N-ethyl adjacent to an activating group) is 1. The normalized spacial score (nSPS) is 12.3. The maximum Gasteiger partial charge on any atom is 0.242 e. The molecule has 0 aliphatic carbocycles. The topological polar surface area (TPSA) is 67.9 Å². The van der Waals surface area contributed by atoms with Crippen LogP contribution in [0.2, 0.25) is 0 Å². The number of carbonyl (C=O) groups is 2. The summed E-state index contributed by atoms with van der Waals surface area (Å²) >= 11 is 0. The van der Waals surface area contributed by atoms with E-state index in [9.17, 15) is 9.59 Å². The van der Waals surface area contributed by atoms with Gasteiger partial charge in [-0.25, -0.2) is 0 Å². The van der Waals surface area contributed by atoms with Crippen LogP contribution in [0, 0.1) is 0 Å². The highest BCUT2D eigenvalue weighted by molar-refractivity contribution is 5.85. The number of rotatable bonds is 6. The van der Waals surface area contributed by atoms with E-state index in [1.165, 1.54) is 0 Å². The van der Waals surface area contributed by atoms with Gasteiger partial charge in [0.2, 0.25) is 11.8 Å². The van der Waals surface area contributed by atoms with Crippen LogP contribution in [0.5, 0.6) is 11.5 Å². The van der Waals surface area contributed by atoms with E-state index in [4.69, 9.17) is 9.47 Å². The van der Waals surface area contributed by atoms with E-state index in [0.717, 1.165) is 16.9 Å². The summed E-state index contributed by atoms with van der Waals surface area (Å²) in [6.07, 6.45) is 0.264. The lowest BCUT2D eigenvalue weighted by molar-refractivity contribution is -0.132. The Kier molecular flexibility index (Phi) is 5.73. The van der Waals surface area contributed by atoms with Crippen molar-refractivity contribution in [3.8, 4) is 11.5 Å². The van der Waals surface area contributed by atoms with Crippen molar-refractivity contribution in [1.29, 1.82) is 0 Å². The summed E-state index contributed by atoms with van der Waals surface area (Å²) < 4.78 is 11.0. The summed E-state index contributed by atoms with van der Waals surface area (Å²) in [6.45, 7) is 1.49. The first-order chi connectivity index (χ1) is 12.6. The van der Waals surface area contributed by atoms with Gasteiger partial charge in [-0.1, -0.05) is 36.4 Å². The highest BCUT2D eigenvalue weighted by Gasteiger charge is 2.15. The van der Waals surface area contributed by atoms with Crippen molar-refractivity contribution in [1.82, 2.24) is 10.2 Å². The predicted octanol–water partition coefficient (Wildman–Crippen LogP) is 1.78. The Labute approximate surface area is 152 Å². The number of nitrogens with one attached hydrogen (secondary N) is 1. The Morgan fingerprint density at radius 2 is 1.73 bits per heavy atom. The molecule has 0 bridgehead atoms. The molecule has 6 heteroatoms. The van der Waals surface area contributed by atoms with Crippen LogP contribution >= 0.6 is 0 Å². The maximum absolute atomic E-state index is 12.2. The zero-order chi connectivity index (χ0) is 18.4. The smallest absolute Gasteiger partial charge is 0.242 e. The molecule has 1 N–H and O–H groups in total. The fourth-order valence-corrected chi connectivity index (χ4v) is 2.70. The molecule has 0 radical (unpaired) electrons. The van der Waals surface area contributed by atoms with Crippen LogP contribution in [0.3, 0.4) is 0 Å². The van der Waals surface area contributed by atoms with Gasteiger partial charge >= 0.3 is 0 Å². The Bertz CT molecular complexity index is 777. The van der Waals surface area contributed by atoms with E-state index in [1.54, 1.807) is 11.9 Å². The standard InChI is InChI=1S/C20H22N2O4/c1-22(14-16-7-8-17-18(11-16)26-10-9-25-17)20(24)13-21-19(23)12-15-5-3-2-4-6-15/h2-8,11H,9-10,12-14H2,1H3,(H,21,23). The second-order valence-electron chi connectivity index (χ2n) is 6.17. The molecule has 3 rings (SSSR count). The largest absolute Gasteiger partial charge is 0.486 e. The molecule has 6 nitrogen and oxygen atoms in total. The lowest BCUT2D eigenvalue weighted by Crippen LogP contribution is -2.38. The molecule has 0 unspecified atom stereocenters. The van der Waals surface area contributed by atoms with Gasteiger partial charge in [-0.15, -0.1) is 0 Å². The lowest BCUT2D eigenvalue weighted by Gasteiger charge is -2.21. The number of fused-ring (bicyclic) bond motifs is 1. The summed E-state index contributed by atoms with van der Waals surface area (Å²) in [6, 6.07) is 15.1. The molecule has 136 valence electrons. The number of benzene rings is 2. The molecule has 2 aromatic carbocycles. The first-order valence-electron chi connectivity index (χ1n) is 8.55. The third-order valence-electron chi connectivity index (χ3n) is 4.10. The highest BCUT2D eigenvalue weighted by Crippen LogP contribution is 2.30. The number of hydrogen-bond donors (Lipinski definition) is 1. The summed E-state index contributed by atoms with van der Waals surface area (Å²) in [5, 5.41) is 2.67. The second kappa shape index (κ2) is 8.38. The average Bonchev–Trinajstić information content (AvgIpc) is 2.66. The van der Waals surface area contributed by atoms with E-state index < -0.39 is 0 Å². The van der Waals surface area contributed by atoms with Gasteiger partial charge in [-0.3, -0.25) is 9.59 Å². The Hall–Kier alpha value is -3.02. The molecule has 2 amide bonds. The number of hydrogen-bond acceptors (Lipinski definition) is 4. The van der Waals surface area contributed by atoms with Crippen LogP contribution < -0.4 is 14.8 Å². The predicted molar refractivity (Wildman–Crippen MR) is 97.1 cm³/mol. The molecule has 1 heterocycles. The van der Waals surface area contributed by atoms with Crippen LogP contribution in [0.15, 0.2) is 48.5 Å². The van der Waals surface area contributed by atoms with Gasteiger partial charge in [0, 0.05) is 13.6 Å². The van der Waals surface area contributed by atoms with Crippen molar-refractivity contribution in [2.24, 2.45) is 0 Å². The van der Waals surface area contributed by atoms with Crippen molar-refractivity contribution in [3.63, 3.8) is 0 Å². The van der Waals surface area contributed by atoms with Crippen molar-refractivity contribution in [3.05, 3.63) is 59.7 Å². The number of ether oxygens (including phenoxy) is 2. The lowest BCUT2D eigenvalue weighted by atomic mass is 10.1. The van der Waals surface area contributed by atoms with Gasteiger partial charge in [0.05, 0.1) is 13.0 Å². The van der Waals surface area contributed by atoms with Gasteiger partial charge in [0.25, 0.3) is 0 Å². The van der Waals surface area contributed by atoms with E-state index in [0.29, 0.717) is 25.5 Å². The van der Waals surface area contributed by atoms with E-state index >= 15 is 0 Å². The number of nitrogens with zero attached hydrogens (tertiary/aromatic N) is 1. The quantitative estimate of drug-likeness (QED) is 0.859. The van der Waals surface area contributed by atoms with Gasteiger partial charge in [0.15, 0.2) is 11.5 Å². The van der Waals surface area contributed by atoms with E-state index in [2.05, 4.69) is 5.32 Å². The molecular weight excluding hydrogens is 332 g/mol. The zero-order valence-electron chi connectivity index (χ0n) is 14.7. The molecule has 0 saturated carbocycles. The average molecular weight is 354 g/mol. The van der Waals surface area contributed by atoms with Crippen molar-refractivity contribution < 1.29 is 19.1 Å². The van der Waals surface area contributed by atoms with E-state index in [1.807, 2.05) is 48.5 Å². The van der Waals surface area contributed by atoms with Gasteiger partial charge in [0.1, 0.15) is 13.2 Å². The Morgan fingerprint density at radius 3 is 2.50 bits per heavy atom. The molecule has 26 heavy (non-hydrogen) atoms. The molecule has 0 atom stereocenters. The van der Waals surface area contributed by atoms with Gasteiger partial charge in [-0.2, -0.15) is 0 Å². The summed E-state index contributed by atoms with van der Waals surface area (Å²) in [5.74, 6) is 1.10. The van der Waals surface area contributed by atoms with Crippen LogP contribution in [0.1, 0.15) is 11.1 Å². The van der Waals surface area contributed by atoms with Crippen LogP contribution in [-0.4, -0.2) is 43.5 Å².